The summed E-state index contributed by atoms with van der Waals surface area (Å²) in [5, 5.41) is 2.84. The highest BCUT2D eigenvalue weighted by Crippen LogP contribution is 2.15. The maximum atomic E-state index is 11.4. The Hall–Kier alpha value is -0.330. The molecule has 0 bridgehead atoms. The first-order chi connectivity index (χ1) is 5.95. The molecular formula is C7H14F3NO2. The van der Waals surface area contributed by atoms with Crippen LogP contribution in [0.3, 0.4) is 0 Å². The Balaban J connectivity index is 3.25. The normalized spacial score (nSPS) is 14.5. The lowest BCUT2D eigenvalue weighted by Crippen LogP contribution is -2.26. The first-order valence-electron chi connectivity index (χ1n) is 3.92. The van der Waals surface area contributed by atoms with E-state index in [2.05, 4.69) is 10.1 Å². The fourth-order valence-corrected chi connectivity index (χ4v) is 0.753. The lowest BCUT2D eigenvalue weighted by atomic mass is 10.4. The molecule has 0 heterocycles. The average Bonchev–Trinajstić information content (AvgIpc) is 1.97. The summed E-state index contributed by atoms with van der Waals surface area (Å²) in [5.41, 5.74) is 0. The highest BCUT2D eigenvalue weighted by molar-refractivity contribution is 4.50. The molecule has 0 radical (unpaired) electrons. The van der Waals surface area contributed by atoms with Gasteiger partial charge in [-0.2, -0.15) is 0 Å². The molecule has 1 unspecified atom stereocenters. The van der Waals surface area contributed by atoms with Gasteiger partial charge in [0.25, 0.3) is 0 Å². The number of likely N-dealkylation sites (N-methyl/N-ethyl adjacent to an activating group) is 1. The molecule has 0 saturated carbocycles. The van der Waals surface area contributed by atoms with Crippen molar-refractivity contribution in [1.82, 2.24) is 5.32 Å². The van der Waals surface area contributed by atoms with E-state index < -0.39 is 13.0 Å². The summed E-state index contributed by atoms with van der Waals surface area (Å²) in [6.07, 6.45) is -4.67. The van der Waals surface area contributed by atoms with Crippen LogP contribution >= 0.6 is 0 Å². The van der Waals surface area contributed by atoms with Gasteiger partial charge in [0.1, 0.15) is 0 Å². The van der Waals surface area contributed by atoms with Crippen molar-refractivity contribution in [3.63, 3.8) is 0 Å². The largest absolute Gasteiger partial charge is 0.522 e. The fourth-order valence-electron chi connectivity index (χ4n) is 0.753. The van der Waals surface area contributed by atoms with Crippen LogP contribution in [0.1, 0.15) is 6.92 Å². The molecule has 1 atom stereocenters. The molecule has 0 amide bonds. The average molecular weight is 201 g/mol. The minimum absolute atomic E-state index is 0.0532. The van der Waals surface area contributed by atoms with Gasteiger partial charge < -0.3 is 10.1 Å². The number of rotatable bonds is 6. The third-order valence-corrected chi connectivity index (χ3v) is 1.24. The third-order valence-electron chi connectivity index (χ3n) is 1.24. The molecule has 0 aromatic rings. The van der Waals surface area contributed by atoms with E-state index in [1.54, 1.807) is 14.0 Å². The van der Waals surface area contributed by atoms with E-state index in [-0.39, 0.29) is 12.7 Å². The topological polar surface area (TPSA) is 30.5 Å². The van der Waals surface area contributed by atoms with Crippen molar-refractivity contribution < 1.29 is 22.6 Å². The summed E-state index contributed by atoms with van der Waals surface area (Å²) in [7, 11) is 1.74. The van der Waals surface area contributed by atoms with Gasteiger partial charge in [0.15, 0.2) is 0 Å². The van der Waals surface area contributed by atoms with Gasteiger partial charge in [-0.05, 0) is 14.0 Å². The van der Waals surface area contributed by atoms with Crippen molar-refractivity contribution >= 4 is 0 Å². The van der Waals surface area contributed by atoms with Gasteiger partial charge in [-0.15, -0.1) is 13.2 Å². The Morgan fingerprint density at radius 1 is 1.31 bits per heavy atom. The highest BCUT2D eigenvalue weighted by atomic mass is 19.4. The van der Waals surface area contributed by atoms with Crippen LogP contribution in [0.5, 0.6) is 0 Å². The second kappa shape index (κ2) is 6.17. The van der Waals surface area contributed by atoms with Gasteiger partial charge in [0.05, 0.1) is 19.3 Å². The minimum Gasteiger partial charge on any atom is -0.375 e. The molecule has 1 N–H and O–H groups in total. The third kappa shape index (κ3) is 9.59. The molecule has 13 heavy (non-hydrogen) atoms. The maximum Gasteiger partial charge on any atom is 0.522 e. The summed E-state index contributed by atoms with van der Waals surface area (Å²) < 4.78 is 42.8. The van der Waals surface area contributed by atoms with Crippen molar-refractivity contribution in [2.45, 2.75) is 19.4 Å². The molecule has 80 valence electrons. The Morgan fingerprint density at radius 3 is 2.38 bits per heavy atom. The minimum atomic E-state index is -4.56. The zero-order valence-electron chi connectivity index (χ0n) is 7.65. The van der Waals surface area contributed by atoms with Gasteiger partial charge in [-0.3, -0.25) is 4.74 Å². The highest BCUT2D eigenvalue weighted by Gasteiger charge is 2.28. The molecule has 3 nitrogen and oxygen atoms in total. The maximum absolute atomic E-state index is 11.4. The fraction of sp³-hybridized carbons (Fsp3) is 1.00. The van der Waals surface area contributed by atoms with Gasteiger partial charge in [-0.25, -0.2) is 0 Å². The van der Waals surface area contributed by atoms with E-state index in [1.807, 2.05) is 0 Å². The van der Waals surface area contributed by atoms with E-state index in [0.29, 0.717) is 6.54 Å². The van der Waals surface area contributed by atoms with Crippen LogP contribution in [0.4, 0.5) is 13.2 Å². The molecule has 0 saturated heterocycles. The molecule has 0 spiro atoms. The molecule has 0 aliphatic carbocycles. The van der Waals surface area contributed by atoms with E-state index >= 15 is 0 Å². The van der Waals surface area contributed by atoms with Crippen LogP contribution in [0.2, 0.25) is 0 Å². The van der Waals surface area contributed by atoms with Gasteiger partial charge in [0, 0.05) is 6.54 Å². The molecule has 0 aromatic carbocycles. The second-order valence-electron chi connectivity index (χ2n) is 2.53. The van der Waals surface area contributed by atoms with Crippen LogP contribution in [0, 0.1) is 0 Å². The van der Waals surface area contributed by atoms with Crippen LogP contribution in [-0.2, 0) is 9.47 Å². The predicted octanol–water partition coefficient (Wildman–Crippen LogP) is 1.15. The number of nitrogens with one attached hydrogen (secondary N) is 1. The second-order valence-corrected chi connectivity index (χ2v) is 2.53. The van der Waals surface area contributed by atoms with Gasteiger partial charge in [-0.1, -0.05) is 0 Å². The number of ether oxygens (including phenoxy) is 2. The van der Waals surface area contributed by atoms with Crippen molar-refractivity contribution in [3.05, 3.63) is 0 Å². The number of hydrogen-bond acceptors (Lipinski definition) is 3. The van der Waals surface area contributed by atoms with Crippen molar-refractivity contribution in [2.75, 3.05) is 26.8 Å². The van der Waals surface area contributed by atoms with Crippen molar-refractivity contribution in [3.8, 4) is 0 Å². The summed E-state index contributed by atoms with van der Waals surface area (Å²) in [4.78, 5) is 0. The van der Waals surface area contributed by atoms with Crippen LogP contribution in [0.25, 0.3) is 0 Å². The molecule has 0 rings (SSSR count). The van der Waals surface area contributed by atoms with Crippen LogP contribution in [0.15, 0.2) is 0 Å². The zero-order valence-corrected chi connectivity index (χ0v) is 7.65. The predicted molar refractivity (Wildman–Crippen MR) is 41.3 cm³/mol. The Labute approximate surface area is 75.2 Å². The zero-order chi connectivity index (χ0) is 10.3. The van der Waals surface area contributed by atoms with Gasteiger partial charge >= 0.3 is 6.36 Å². The summed E-state index contributed by atoms with van der Waals surface area (Å²) in [5.74, 6) is 0. The molecular weight excluding hydrogens is 187 g/mol. The van der Waals surface area contributed by atoms with E-state index in [0.717, 1.165) is 0 Å². The van der Waals surface area contributed by atoms with Crippen molar-refractivity contribution in [2.24, 2.45) is 0 Å². The van der Waals surface area contributed by atoms with E-state index in [9.17, 15) is 13.2 Å². The summed E-state index contributed by atoms with van der Waals surface area (Å²) in [6.45, 7) is 1.86. The van der Waals surface area contributed by atoms with E-state index in [4.69, 9.17) is 4.74 Å². The van der Waals surface area contributed by atoms with E-state index in [1.165, 1.54) is 0 Å². The van der Waals surface area contributed by atoms with Gasteiger partial charge in [0.2, 0.25) is 0 Å². The first-order valence-corrected chi connectivity index (χ1v) is 3.92. The summed E-state index contributed by atoms with van der Waals surface area (Å²) in [6, 6.07) is 0. The molecule has 0 aromatic heterocycles. The Bertz CT molecular complexity index is 129. The SMILES string of the molecule is CNCC(C)OCCOC(F)(F)F. The Kier molecular flexibility index (Phi) is 6.02. The quantitative estimate of drug-likeness (QED) is 0.654. The van der Waals surface area contributed by atoms with Crippen LogP contribution in [-0.4, -0.2) is 39.3 Å². The molecule has 0 aliphatic heterocycles. The number of alkyl halides is 3. The lowest BCUT2D eigenvalue weighted by Gasteiger charge is -2.12. The smallest absolute Gasteiger partial charge is 0.375 e. The number of hydrogen-bond donors (Lipinski definition) is 1. The Morgan fingerprint density at radius 2 is 1.92 bits per heavy atom. The number of halogens is 3. The lowest BCUT2D eigenvalue weighted by molar-refractivity contribution is -0.327. The van der Waals surface area contributed by atoms with Crippen LogP contribution < -0.4 is 5.32 Å². The molecule has 6 heteroatoms. The summed E-state index contributed by atoms with van der Waals surface area (Å²) >= 11 is 0. The standard InChI is InChI=1S/C7H14F3NO2/c1-6(5-11-2)12-3-4-13-7(8,9)10/h6,11H,3-5H2,1-2H3. The first kappa shape index (κ1) is 12.7. The molecule has 0 fully saturated rings. The molecule has 0 aliphatic rings. The monoisotopic (exact) mass is 201 g/mol. The van der Waals surface area contributed by atoms with Crippen molar-refractivity contribution in [1.29, 1.82) is 0 Å².